The Labute approximate surface area is 396 Å². The Bertz CT molecular complexity index is 1230. The second-order valence-corrected chi connectivity index (χ2v) is 17.6. The van der Waals surface area contributed by atoms with E-state index in [9.17, 15) is 14.7 Å². The summed E-state index contributed by atoms with van der Waals surface area (Å²) >= 11 is 0. The molecule has 0 bridgehead atoms. The summed E-state index contributed by atoms with van der Waals surface area (Å²) in [5.74, 6) is -0.605. The van der Waals surface area contributed by atoms with Gasteiger partial charge in [0, 0.05) is 12.8 Å². The first-order valence-electron chi connectivity index (χ1n) is 26.8. The van der Waals surface area contributed by atoms with E-state index in [-0.39, 0.29) is 25.2 Å². The molecule has 1 atom stereocenters. The van der Waals surface area contributed by atoms with Crippen LogP contribution in [0.4, 0.5) is 0 Å². The fourth-order valence-electron chi connectivity index (χ4n) is 7.35. The fraction of sp³-hybridized carbons (Fsp3) is 0.695. The van der Waals surface area contributed by atoms with E-state index in [1.165, 1.54) is 128 Å². The third-order valence-electron chi connectivity index (χ3n) is 11.4. The molecule has 0 aliphatic carbocycles. The maximum Gasteiger partial charge on any atom is 0.306 e. The van der Waals surface area contributed by atoms with Crippen molar-refractivity contribution in [2.24, 2.45) is 0 Å². The molecule has 1 N–H and O–H groups in total. The molecular weight excluding hydrogens is 789 g/mol. The lowest BCUT2D eigenvalue weighted by molar-refractivity contribution is -0.161. The van der Waals surface area contributed by atoms with Crippen LogP contribution in [0, 0.1) is 0 Å². The van der Waals surface area contributed by atoms with E-state index in [0.717, 1.165) is 89.9 Å². The minimum Gasteiger partial charge on any atom is -0.462 e. The smallest absolute Gasteiger partial charge is 0.306 e. The maximum absolute atomic E-state index is 12.3. The minimum atomic E-state index is -0.783. The van der Waals surface area contributed by atoms with Gasteiger partial charge in [0.25, 0.3) is 0 Å². The third kappa shape index (κ3) is 51.5. The van der Waals surface area contributed by atoms with Crippen molar-refractivity contribution in [3.63, 3.8) is 0 Å². The summed E-state index contributed by atoms with van der Waals surface area (Å²) in [7, 11) is 0. The van der Waals surface area contributed by atoms with E-state index in [1.807, 2.05) is 0 Å². The van der Waals surface area contributed by atoms with Crippen molar-refractivity contribution in [2.45, 2.75) is 251 Å². The van der Waals surface area contributed by atoms with Crippen LogP contribution in [0.25, 0.3) is 0 Å². The van der Waals surface area contributed by atoms with Gasteiger partial charge in [-0.2, -0.15) is 0 Å². The van der Waals surface area contributed by atoms with Crippen molar-refractivity contribution >= 4 is 11.9 Å². The van der Waals surface area contributed by atoms with Crippen LogP contribution in [0.5, 0.6) is 0 Å². The molecule has 5 nitrogen and oxygen atoms in total. The molecule has 0 aliphatic rings. The van der Waals surface area contributed by atoms with Gasteiger partial charge >= 0.3 is 11.9 Å². The Kier molecular flexibility index (Phi) is 51.5. The summed E-state index contributed by atoms with van der Waals surface area (Å²) in [6, 6.07) is 0. The molecular formula is C59H100O5. The molecule has 0 fully saturated rings. The number of esters is 2. The molecule has 0 rings (SSSR count). The average Bonchev–Trinajstić information content (AvgIpc) is 3.30. The second-order valence-electron chi connectivity index (χ2n) is 17.6. The summed E-state index contributed by atoms with van der Waals surface area (Å²) in [4.78, 5) is 24.5. The van der Waals surface area contributed by atoms with Gasteiger partial charge in [-0.25, -0.2) is 0 Å². The van der Waals surface area contributed by atoms with Crippen LogP contribution < -0.4 is 0 Å². The Morgan fingerprint density at radius 3 is 1.02 bits per heavy atom. The van der Waals surface area contributed by atoms with E-state index >= 15 is 0 Å². The molecule has 0 aromatic carbocycles. The quantitative estimate of drug-likeness (QED) is 0.0374. The lowest BCUT2D eigenvalue weighted by atomic mass is 10.0. The van der Waals surface area contributed by atoms with Gasteiger partial charge in [0.1, 0.15) is 6.61 Å². The maximum atomic E-state index is 12.3. The summed E-state index contributed by atoms with van der Waals surface area (Å²) in [5, 5.41) is 9.64. The zero-order chi connectivity index (χ0) is 46.3. The molecule has 0 radical (unpaired) electrons. The molecule has 0 spiro atoms. The minimum absolute atomic E-state index is 0.0759. The lowest BCUT2D eigenvalue weighted by Crippen LogP contribution is -2.28. The van der Waals surface area contributed by atoms with Crippen molar-refractivity contribution in [3.05, 3.63) is 97.2 Å². The van der Waals surface area contributed by atoms with Crippen LogP contribution in [-0.4, -0.2) is 36.4 Å². The van der Waals surface area contributed by atoms with Crippen molar-refractivity contribution in [2.75, 3.05) is 13.2 Å². The summed E-state index contributed by atoms with van der Waals surface area (Å²) in [6.07, 6.45) is 76.5. The molecule has 0 heterocycles. The van der Waals surface area contributed by atoms with Crippen LogP contribution in [0.15, 0.2) is 97.2 Å². The van der Waals surface area contributed by atoms with E-state index in [4.69, 9.17) is 9.47 Å². The molecule has 0 aromatic rings. The summed E-state index contributed by atoms with van der Waals surface area (Å²) in [5.41, 5.74) is 0. The highest BCUT2D eigenvalue weighted by molar-refractivity contribution is 5.70. The lowest BCUT2D eigenvalue weighted by Gasteiger charge is -2.15. The molecule has 0 saturated heterocycles. The van der Waals surface area contributed by atoms with Gasteiger partial charge in [-0.05, 0) is 96.3 Å². The Balaban J connectivity index is 3.52. The third-order valence-corrected chi connectivity index (χ3v) is 11.4. The van der Waals surface area contributed by atoms with Crippen LogP contribution in [0.3, 0.4) is 0 Å². The molecule has 366 valence electrons. The number of ether oxygens (including phenoxy) is 2. The standard InChI is InChI=1S/C59H100O5/c1-3-5-7-9-11-13-15-17-19-21-23-24-25-26-27-28-29-30-31-32-33-34-36-38-40-42-44-46-48-50-52-54-59(62)64-57(55-60)56-63-58(61)53-51-49-47-45-43-41-39-37-35-22-20-18-16-14-12-10-8-6-4-2/h5,7,11-14,17-20,23-24,26-27,35,37,57,60H,3-4,6,8-10,15-16,21-22,25,28-34,36,38-56H2,1-2H3/b7-5-,13-11-,14-12-,19-17-,20-18-,24-23-,27-26-,37-35-. The van der Waals surface area contributed by atoms with Gasteiger partial charge in [-0.1, -0.05) is 233 Å². The van der Waals surface area contributed by atoms with Crippen LogP contribution >= 0.6 is 0 Å². The largest absolute Gasteiger partial charge is 0.462 e. The molecule has 0 saturated carbocycles. The van der Waals surface area contributed by atoms with E-state index in [1.54, 1.807) is 0 Å². The van der Waals surface area contributed by atoms with E-state index in [2.05, 4.69) is 111 Å². The van der Waals surface area contributed by atoms with Crippen molar-refractivity contribution in [3.8, 4) is 0 Å². The van der Waals surface area contributed by atoms with E-state index in [0.29, 0.717) is 12.8 Å². The highest BCUT2D eigenvalue weighted by Gasteiger charge is 2.16. The molecule has 0 aliphatic heterocycles. The molecule has 1 unspecified atom stereocenters. The van der Waals surface area contributed by atoms with Gasteiger partial charge in [-0.3, -0.25) is 9.59 Å². The molecule has 64 heavy (non-hydrogen) atoms. The number of hydrogen-bond donors (Lipinski definition) is 1. The Morgan fingerprint density at radius 1 is 0.375 bits per heavy atom. The zero-order valence-electron chi connectivity index (χ0n) is 41.8. The predicted octanol–water partition coefficient (Wildman–Crippen LogP) is 18.0. The second kappa shape index (κ2) is 54.2. The molecule has 0 aromatic heterocycles. The normalized spacial score (nSPS) is 13.0. The number of hydrogen-bond acceptors (Lipinski definition) is 5. The van der Waals surface area contributed by atoms with Crippen molar-refractivity contribution in [1.82, 2.24) is 0 Å². The Morgan fingerprint density at radius 2 is 0.672 bits per heavy atom. The van der Waals surface area contributed by atoms with Gasteiger partial charge < -0.3 is 14.6 Å². The summed E-state index contributed by atoms with van der Waals surface area (Å²) in [6.45, 7) is 4.00. The van der Waals surface area contributed by atoms with Crippen LogP contribution in [0.2, 0.25) is 0 Å². The van der Waals surface area contributed by atoms with Crippen LogP contribution in [0.1, 0.15) is 245 Å². The topological polar surface area (TPSA) is 72.8 Å². The Hall–Kier alpha value is -3.18. The number of carbonyl (C=O) groups is 2. The highest BCUT2D eigenvalue weighted by atomic mass is 16.6. The van der Waals surface area contributed by atoms with Crippen LogP contribution in [-0.2, 0) is 19.1 Å². The van der Waals surface area contributed by atoms with Gasteiger partial charge in [-0.15, -0.1) is 0 Å². The predicted molar refractivity (Wildman–Crippen MR) is 279 cm³/mol. The monoisotopic (exact) mass is 889 g/mol. The first-order valence-corrected chi connectivity index (χ1v) is 26.8. The van der Waals surface area contributed by atoms with E-state index < -0.39 is 6.10 Å². The van der Waals surface area contributed by atoms with Gasteiger partial charge in [0.05, 0.1) is 6.61 Å². The number of rotatable bonds is 48. The summed E-state index contributed by atoms with van der Waals surface area (Å²) < 4.78 is 10.7. The van der Waals surface area contributed by atoms with Gasteiger partial charge in [0.15, 0.2) is 6.10 Å². The molecule has 5 heteroatoms. The number of aliphatic hydroxyl groups excluding tert-OH is 1. The average molecular weight is 889 g/mol. The molecule has 0 amide bonds. The first kappa shape index (κ1) is 60.8. The SMILES string of the molecule is CC/C=C\C/C=C\C/C=C\C/C=C\C/C=C\CCCCCCCCCCCCCCCCCC(=O)OC(CO)COC(=O)CCCCCCCC/C=C\C/C=C\C/C=C\CCCCC. The zero-order valence-corrected chi connectivity index (χ0v) is 41.8. The van der Waals surface area contributed by atoms with Gasteiger partial charge in [0.2, 0.25) is 0 Å². The van der Waals surface area contributed by atoms with Crippen molar-refractivity contribution in [1.29, 1.82) is 0 Å². The first-order chi connectivity index (χ1) is 31.6. The fourth-order valence-corrected chi connectivity index (χ4v) is 7.35. The number of allylic oxidation sites excluding steroid dienone is 16. The number of carbonyl (C=O) groups excluding carboxylic acids is 2. The van der Waals surface area contributed by atoms with Crippen molar-refractivity contribution < 1.29 is 24.2 Å². The number of unbranched alkanes of at least 4 members (excludes halogenated alkanes) is 24. The number of aliphatic hydroxyl groups is 1. The highest BCUT2D eigenvalue weighted by Crippen LogP contribution is 2.15.